The van der Waals surface area contributed by atoms with Crippen LogP contribution < -0.4 is 16.6 Å². The van der Waals surface area contributed by atoms with Crippen molar-refractivity contribution in [3.05, 3.63) is 29.8 Å². The van der Waals surface area contributed by atoms with Gasteiger partial charge in [-0.3, -0.25) is 4.90 Å². The summed E-state index contributed by atoms with van der Waals surface area (Å²) in [6, 6.07) is 7.51. The lowest BCUT2D eigenvalue weighted by atomic mass is 9.89. The Morgan fingerprint density at radius 3 is 2.21 bits per heavy atom. The van der Waals surface area contributed by atoms with E-state index < -0.39 is 11.8 Å². The summed E-state index contributed by atoms with van der Waals surface area (Å²) in [4.78, 5) is 1.93. The molecule has 5 nitrogen and oxygen atoms in total. The van der Waals surface area contributed by atoms with Crippen molar-refractivity contribution in [3.63, 3.8) is 0 Å². The van der Waals surface area contributed by atoms with Gasteiger partial charge in [0, 0.05) is 25.7 Å². The van der Waals surface area contributed by atoms with Crippen molar-refractivity contribution in [2.24, 2.45) is 5.73 Å². The summed E-state index contributed by atoms with van der Waals surface area (Å²) < 4.78 is 43.6. The average molecular weight is 349 g/mol. The van der Waals surface area contributed by atoms with E-state index in [0.29, 0.717) is 13.0 Å². The lowest BCUT2D eigenvalue weighted by Gasteiger charge is -2.42. The van der Waals surface area contributed by atoms with Crippen LogP contribution in [-0.4, -0.2) is 54.6 Å². The topological polar surface area (TPSA) is 93.7 Å². The maximum absolute atomic E-state index is 12.8. The standard InChI is InChI=1S/C16H23F3N2O2.H3N/c1-23-14-4-2-12(3-5-14)10-13(11-20)21-8-6-15(22,7-9-21)16(17,18)19;/h2-5,13,22H,6-11,20H2,1H3;1H3. The van der Waals surface area contributed by atoms with E-state index in [1.54, 1.807) is 7.11 Å². The van der Waals surface area contributed by atoms with Crippen LogP contribution in [0.25, 0.3) is 0 Å². The minimum Gasteiger partial charge on any atom is -0.497 e. The van der Waals surface area contributed by atoms with Crippen molar-refractivity contribution in [1.29, 1.82) is 0 Å². The summed E-state index contributed by atoms with van der Waals surface area (Å²) in [6.45, 7) is 0.735. The predicted octanol–water partition coefficient (Wildman–Crippen LogP) is 2.12. The highest BCUT2D eigenvalue weighted by atomic mass is 19.4. The molecule has 8 heteroatoms. The van der Waals surface area contributed by atoms with Crippen LogP contribution in [0.5, 0.6) is 5.75 Å². The fourth-order valence-electron chi connectivity index (χ4n) is 2.94. The van der Waals surface area contributed by atoms with Crippen molar-refractivity contribution in [1.82, 2.24) is 11.1 Å². The van der Waals surface area contributed by atoms with Gasteiger partial charge in [0.25, 0.3) is 0 Å². The van der Waals surface area contributed by atoms with Crippen LogP contribution >= 0.6 is 0 Å². The van der Waals surface area contributed by atoms with E-state index >= 15 is 0 Å². The molecule has 1 saturated heterocycles. The first-order valence-corrected chi connectivity index (χ1v) is 7.65. The van der Waals surface area contributed by atoms with Gasteiger partial charge in [0.2, 0.25) is 0 Å². The summed E-state index contributed by atoms with van der Waals surface area (Å²) in [5, 5.41) is 9.73. The fraction of sp³-hybridized carbons (Fsp3) is 0.625. The highest BCUT2D eigenvalue weighted by molar-refractivity contribution is 5.27. The number of aliphatic hydroxyl groups is 1. The molecule has 24 heavy (non-hydrogen) atoms. The smallest absolute Gasteiger partial charge is 0.417 e. The van der Waals surface area contributed by atoms with Crippen molar-refractivity contribution in [3.8, 4) is 5.75 Å². The molecule has 1 aromatic rings. The van der Waals surface area contributed by atoms with Gasteiger partial charge in [-0.2, -0.15) is 13.2 Å². The van der Waals surface area contributed by atoms with E-state index in [4.69, 9.17) is 10.5 Å². The number of hydrogen-bond donors (Lipinski definition) is 3. The number of nitrogens with zero attached hydrogens (tertiary/aromatic N) is 1. The monoisotopic (exact) mass is 349 g/mol. The Bertz CT molecular complexity index is 500. The summed E-state index contributed by atoms with van der Waals surface area (Å²) in [5.74, 6) is 0.756. The molecule has 1 unspecified atom stereocenters. The zero-order valence-electron chi connectivity index (χ0n) is 13.9. The van der Waals surface area contributed by atoms with Crippen LogP contribution in [0.3, 0.4) is 0 Å². The van der Waals surface area contributed by atoms with E-state index in [0.717, 1.165) is 11.3 Å². The third-order valence-electron chi connectivity index (χ3n) is 4.57. The maximum Gasteiger partial charge on any atom is 0.417 e. The van der Waals surface area contributed by atoms with Crippen LogP contribution in [0.1, 0.15) is 18.4 Å². The number of benzene rings is 1. The van der Waals surface area contributed by atoms with E-state index in [1.165, 1.54) is 0 Å². The molecule has 0 spiro atoms. The second-order valence-corrected chi connectivity index (χ2v) is 6.01. The number of alkyl halides is 3. The number of piperidine rings is 1. The molecule has 1 heterocycles. The van der Waals surface area contributed by atoms with Gasteiger partial charge >= 0.3 is 6.18 Å². The molecule has 0 bridgehead atoms. The Morgan fingerprint density at radius 2 is 1.79 bits per heavy atom. The number of likely N-dealkylation sites (tertiary alicyclic amines) is 1. The Kier molecular flexibility index (Phi) is 7.03. The van der Waals surface area contributed by atoms with Gasteiger partial charge in [0.1, 0.15) is 5.75 Å². The summed E-state index contributed by atoms with van der Waals surface area (Å²) in [7, 11) is 1.59. The number of ether oxygens (including phenoxy) is 1. The molecule has 0 saturated carbocycles. The Balaban J connectivity index is 0.00000288. The van der Waals surface area contributed by atoms with Gasteiger partial charge in [0.15, 0.2) is 5.60 Å². The van der Waals surface area contributed by atoms with Gasteiger partial charge in [-0.1, -0.05) is 12.1 Å². The van der Waals surface area contributed by atoms with E-state index in [9.17, 15) is 18.3 Å². The molecule has 1 atom stereocenters. The largest absolute Gasteiger partial charge is 0.497 e. The SMILES string of the molecule is COc1ccc(CC(CN)N2CCC(O)(C(F)(F)F)CC2)cc1.N. The Labute approximate surface area is 140 Å². The first-order valence-electron chi connectivity index (χ1n) is 7.65. The van der Waals surface area contributed by atoms with E-state index in [2.05, 4.69) is 0 Å². The lowest BCUT2D eigenvalue weighted by Crippen LogP contribution is -2.56. The minimum atomic E-state index is -4.58. The predicted molar refractivity (Wildman–Crippen MR) is 86.4 cm³/mol. The molecule has 0 aromatic heterocycles. The lowest BCUT2D eigenvalue weighted by molar-refractivity contribution is -0.273. The van der Waals surface area contributed by atoms with Crippen LogP contribution in [0.15, 0.2) is 24.3 Å². The molecule has 0 radical (unpaired) electrons. The minimum absolute atomic E-state index is 0. The summed E-state index contributed by atoms with van der Waals surface area (Å²) in [6.07, 6.45) is -4.54. The maximum atomic E-state index is 12.8. The van der Waals surface area contributed by atoms with Gasteiger partial charge in [-0.05, 0) is 37.0 Å². The van der Waals surface area contributed by atoms with Crippen LogP contribution in [0, 0.1) is 0 Å². The van der Waals surface area contributed by atoms with Crippen LogP contribution in [0.4, 0.5) is 13.2 Å². The third kappa shape index (κ3) is 4.60. The second-order valence-electron chi connectivity index (χ2n) is 6.01. The molecule has 1 fully saturated rings. The Hall–Kier alpha value is -1.35. The van der Waals surface area contributed by atoms with Crippen molar-refractivity contribution >= 4 is 0 Å². The first kappa shape index (κ1) is 20.7. The number of methoxy groups -OCH3 is 1. The zero-order valence-corrected chi connectivity index (χ0v) is 13.9. The number of nitrogens with two attached hydrogens (primary N) is 1. The van der Waals surface area contributed by atoms with Crippen molar-refractivity contribution in [2.75, 3.05) is 26.7 Å². The van der Waals surface area contributed by atoms with E-state index in [1.807, 2.05) is 29.2 Å². The molecule has 1 aliphatic rings. The normalized spacial score (nSPS) is 19.4. The Morgan fingerprint density at radius 1 is 1.25 bits per heavy atom. The summed E-state index contributed by atoms with van der Waals surface area (Å²) >= 11 is 0. The second kappa shape index (κ2) is 8.15. The highest BCUT2D eigenvalue weighted by Crippen LogP contribution is 2.38. The van der Waals surface area contributed by atoms with Crippen molar-refractivity contribution in [2.45, 2.75) is 37.1 Å². The number of halogens is 3. The van der Waals surface area contributed by atoms with Crippen molar-refractivity contribution < 1.29 is 23.0 Å². The zero-order chi connectivity index (χ0) is 17.1. The molecule has 0 amide bonds. The van der Waals surface area contributed by atoms with Crippen LogP contribution in [-0.2, 0) is 6.42 Å². The van der Waals surface area contributed by atoms with Crippen LogP contribution in [0.2, 0.25) is 0 Å². The molecule has 138 valence electrons. The number of hydrogen-bond acceptors (Lipinski definition) is 5. The molecule has 2 rings (SSSR count). The van der Waals surface area contributed by atoms with E-state index in [-0.39, 0.29) is 38.1 Å². The molecular weight excluding hydrogens is 323 g/mol. The van der Waals surface area contributed by atoms with Gasteiger partial charge < -0.3 is 21.7 Å². The van der Waals surface area contributed by atoms with Gasteiger partial charge in [-0.15, -0.1) is 0 Å². The fourth-order valence-corrected chi connectivity index (χ4v) is 2.94. The summed E-state index contributed by atoms with van der Waals surface area (Å²) in [5.41, 5.74) is 4.30. The molecule has 6 N–H and O–H groups in total. The van der Waals surface area contributed by atoms with Gasteiger partial charge in [-0.25, -0.2) is 0 Å². The third-order valence-corrected chi connectivity index (χ3v) is 4.57. The average Bonchev–Trinajstić information content (AvgIpc) is 2.53. The molecule has 1 aromatic carbocycles. The van der Waals surface area contributed by atoms with Gasteiger partial charge in [0.05, 0.1) is 7.11 Å². The quantitative estimate of drug-likeness (QED) is 0.757. The molecular formula is C16H26F3N3O2. The molecule has 1 aliphatic heterocycles. The molecule has 0 aliphatic carbocycles. The highest BCUT2D eigenvalue weighted by Gasteiger charge is 2.54. The number of rotatable bonds is 5. The first-order chi connectivity index (χ1) is 10.8.